The van der Waals surface area contributed by atoms with Gasteiger partial charge in [-0.1, -0.05) is 44.8 Å². The van der Waals surface area contributed by atoms with Gasteiger partial charge in [-0.05, 0) is 49.7 Å². The number of piperidine rings is 1. The molecule has 1 unspecified atom stereocenters. The molecule has 9 heteroatoms. The Morgan fingerprint density at radius 2 is 2.17 bits per heavy atom. The SMILES string of the molecule is O=C(Nc1ccc(Br)cc1F)C1CCCN(Cc2nc(-c3ccccc3Cl)no2)C1. The molecule has 0 bridgehead atoms. The van der Waals surface area contributed by atoms with Crippen LogP contribution in [0.3, 0.4) is 0 Å². The van der Waals surface area contributed by atoms with E-state index in [1.54, 1.807) is 18.2 Å². The van der Waals surface area contributed by atoms with Crippen molar-refractivity contribution in [2.24, 2.45) is 5.92 Å². The average molecular weight is 494 g/mol. The van der Waals surface area contributed by atoms with Crippen molar-refractivity contribution in [1.29, 1.82) is 0 Å². The van der Waals surface area contributed by atoms with E-state index in [1.807, 2.05) is 18.2 Å². The molecule has 2 aromatic carbocycles. The van der Waals surface area contributed by atoms with Gasteiger partial charge in [0.05, 0.1) is 23.2 Å². The molecule has 1 atom stereocenters. The van der Waals surface area contributed by atoms with Crippen molar-refractivity contribution in [1.82, 2.24) is 15.0 Å². The first-order valence-corrected chi connectivity index (χ1v) is 10.7. The van der Waals surface area contributed by atoms with E-state index in [0.717, 1.165) is 19.4 Å². The molecule has 1 aromatic heterocycles. The molecular formula is C21H19BrClFN4O2. The maximum absolute atomic E-state index is 14.0. The van der Waals surface area contributed by atoms with E-state index in [1.165, 1.54) is 6.07 Å². The van der Waals surface area contributed by atoms with Crippen LogP contribution in [0.5, 0.6) is 0 Å². The maximum Gasteiger partial charge on any atom is 0.241 e. The molecule has 0 radical (unpaired) electrons. The van der Waals surface area contributed by atoms with Crippen LogP contribution in [-0.2, 0) is 11.3 Å². The summed E-state index contributed by atoms with van der Waals surface area (Å²) >= 11 is 9.41. The third-order valence-corrected chi connectivity index (χ3v) is 5.83. The Hall–Kier alpha value is -2.29. The highest BCUT2D eigenvalue weighted by atomic mass is 79.9. The first-order chi connectivity index (χ1) is 14.5. The Balaban J connectivity index is 1.38. The largest absolute Gasteiger partial charge is 0.338 e. The van der Waals surface area contributed by atoms with Crippen LogP contribution >= 0.6 is 27.5 Å². The number of carbonyl (C=O) groups excluding carboxylic acids is 1. The van der Waals surface area contributed by atoms with Gasteiger partial charge >= 0.3 is 0 Å². The molecule has 156 valence electrons. The zero-order valence-corrected chi connectivity index (χ0v) is 18.3. The highest BCUT2D eigenvalue weighted by Crippen LogP contribution is 2.26. The molecule has 6 nitrogen and oxygen atoms in total. The minimum absolute atomic E-state index is 0.182. The minimum atomic E-state index is -0.469. The number of benzene rings is 2. The zero-order chi connectivity index (χ0) is 21.1. The summed E-state index contributed by atoms with van der Waals surface area (Å²) in [5.74, 6) is -0.00290. The zero-order valence-electron chi connectivity index (χ0n) is 15.9. The summed E-state index contributed by atoms with van der Waals surface area (Å²) in [6, 6.07) is 11.9. The molecule has 1 aliphatic heterocycles. The van der Waals surface area contributed by atoms with Crippen molar-refractivity contribution >= 4 is 39.1 Å². The van der Waals surface area contributed by atoms with Gasteiger partial charge in [0.2, 0.25) is 17.6 Å². The Morgan fingerprint density at radius 3 is 2.97 bits per heavy atom. The first kappa shape index (κ1) is 21.0. The predicted molar refractivity (Wildman–Crippen MR) is 115 cm³/mol. The Bertz CT molecular complexity index is 1060. The summed E-state index contributed by atoms with van der Waals surface area (Å²) in [5.41, 5.74) is 0.892. The van der Waals surface area contributed by atoms with Crippen LogP contribution in [-0.4, -0.2) is 34.0 Å². The maximum atomic E-state index is 14.0. The summed E-state index contributed by atoms with van der Waals surface area (Å²) in [6.07, 6.45) is 1.60. The van der Waals surface area contributed by atoms with Gasteiger partial charge in [0.25, 0.3) is 0 Å². The second-order valence-electron chi connectivity index (χ2n) is 7.18. The molecule has 3 aromatic rings. The van der Waals surface area contributed by atoms with Crippen molar-refractivity contribution < 1.29 is 13.7 Å². The van der Waals surface area contributed by atoms with Crippen molar-refractivity contribution in [3.8, 4) is 11.4 Å². The number of rotatable bonds is 5. The van der Waals surface area contributed by atoms with E-state index < -0.39 is 5.82 Å². The van der Waals surface area contributed by atoms with Crippen molar-refractivity contribution in [2.45, 2.75) is 19.4 Å². The lowest BCUT2D eigenvalue weighted by Gasteiger charge is -2.30. The summed E-state index contributed by atoms with van der Waals surface area (Å²) in [5, 5.41) is 7.27. The third-order valence-electron chi connectivity index (χ3n) is 5.01. The van der Waals surface area contributed by atoms with Crippen LogP contribution in [0, 0.1) is 11.7 Å². The quantitative estimate of drug-likeness (QED) is 0.533. The lowest BCUT2D eigenvalue weighted by molar-refractivity contribution is -0.121. The number of amides is 1. The fourth-order valence-corrected chi connectivity index (χ4v) is 4.05. The molecule has 4 rings (SSSR count). The van der Waals surface area contributed by atoms with Crippen molar-refractivity contribution in [3.05, 3.63) is 63.7 Å². The number of nitrogens with zero attached hydrogens (tertiary/aromatic N) is 3. The van der Waals surface area contributed by atoms with Crippen LogP contribution in [0.25, 0.3) is 11.4 Å². The predicted octanol–water partition coefficient (Wildman–Crippen LogP) is 5.14. The molecule has 0 saturated carbocycles. The number of hydrogen-bond donors (Lipinski definition) is 1. The molecule has 0 spiro atoms. The molecule has 2 heterocycles. The number of hydrogen-bond acceptors (Lipinski definition) is 5. The van der Waals surface area contributed by atoms with Crippen LogP contribution in [0.1, 0.15) is 18.7 Å². The number of halogens is 3. The summed E-state index contributed by atoms with van der Waals surface area (Å²) < 4.78 is 20.0. The van der Waals surface area contributed by atoms with Crippen LogP contribution in [0.2, 0.25) is 5.02 Å². The van der Waals surface area contributed by atoms with Crippen molar-refractivity contribution in [2.75, 3.05) is 18.4 Å². The highest BCUT2D eigenvalue weighted by molar-refractivity contribution is 9.10. The second-order valence-corrected chi connectivity index (χ2v) is 8.50. The normalized spacial score (nSPS) is 17.1. The van der Waals surface area contributed by atoms with E-state index in [0.29, 0.717) is 39.9 Å². The molecule has 30 heavy (non-hydrogen) atoms. The number of carbonyl (C=O) groups is 1. The van der Waals surface area contributed by atoms with E-state index in [-0.39, 0.29) is 17.5 Å². The van der Waals surface area contributed by atoms with E-state index in [2.05, 4.69) is 36.3 Å². The molecule has 1 fully saturated rings. The summed E-state index contributed by atoms with van der Waals surface area (Å²) in [6.45, 7) is 1.79. The number of nitrogens with one attached hydrogen (secondary N) is 1. The Labute approximate surface area is 186 Å². The van der Waals surface area contributed by atoms with Gasteiger partial charge in [-0.15, -0.1) is 0 Å². The lowest BCUT2D eigenvalue weighted by Crippen LogP contribution is -2.40. The van der Waals surface area contributed by atoms with Crippen LogP contribution < -0.4 is 5.32 Å². The topological polar surface area (TPSA) is 71.3 Å². The van der Waals surface area contributed by atoms with Crippen LogP contribution in [0.15, 0.2) is 51.5 Å². The summed E-state index contributed by atoms with van der Waals surface area (Å²) in [7, 11) is 0. The number of anilines is 1. The number of aromatic nitrogens is 2. The summed E-state index contributed by atoms with van der Waals surface area (Å²) in [4.78, 5) is 19.2. The van der Waals surface area contributed by atoms with E-state index >= 15 is 0 Å². The molecule has 1 aliphatic rings. The fraction of sp³-hybridized carbons (Fsp3) is 0.286. The Morgan fingerprint density at radius 1 is 1.33 bits per heavy atom. The van der Waals surface area contributed by atoms with Gasteiger partial charge in [0.15, 0.2) is 0 Å². The lowest BCUT2D eigenvalue weighted by atomic mass is 9.97. The van der Waals surface area contributed by atoms with E-state index in [4.69, 9.17) is 16.1 Å². The van der Waals surface area contributed by atoms with Gasteiger partial charge in [0.1, 0.15) is 5.82 Å². The first-order valence-electron chi connectivity index (χ1n) is 9.55. The van der Waals surface area contributed by atoms with Crippen LogP contribution in [0.4, 0.5) is 10.1 Å². The Kier molecular flexibility index (Phi) is 6.46. The smallest absolute Gasteiger partial charge is 0.241 e. The minimum Gasteiger partial charge on any atom is -0.338 e. The monoisotopic (exact) mass is 492 g/mol. The highest BCUT2D eigenvalue weighted by Gasteiger charge is 2.27. The standard InChI is InChI=1S/C21H19BrClFN4O2/c22-14-7-8-18(17(24)10-14)25-21(29)13-4-3-9-28(11-13)12-19-26-20(27-30-19)15-5-1-2-6-16(15)23/h1-2,5-8,10,13H,3-4,9,11-12H2,(H,25,29). The third kappa shape index (κ3) is 4.88. The van der Waals surface area contributed by atoms with Gasteiger partial charge in [-0.3, -0.25) is 9.69 Å². The molecule has 1 amide bonds. The molecule has 1 saturated heterocycles. The fourth-order valence-electron chi connectivity index (χ4n) is 3.50. The van der Waals surface area contributed by atoms with Crippen molar-refractivity contribution in [3.63, 3.8) is 0 Å². The molecule has 0 aliphatic carbocycles. The van der Waals surface area contributed by atoms with Gasteiger partial charge < -0.3 is 9.84 Å². The molecular weight excluding hydrogens is 475 g/mol. The van der Waals surface area contributed by atoms with Gasteiger partial charge in [0, 0.05) is 16.6 Å². The second kappa shape index (κ2) is 9.24. The van der Waals surface area contributed by atoms with E-state index in [9.17, 15) is 9.18 Å². The molecule has 1 N–H and O–H groups in total. The average Bonchev–Trinajstić information content (AvgIpc) is 3.19. The van der Waals surface area contributed by atoms with Gasteiger partial charge in [-0.2, -0.15) is 4.98 Å². The van der Waals surface area contributed by atoms with Gasteiger partial charge in [-0.25, -0.2) is 4.39 Å². The number of likely N-dealkylation sites (tertiary alicyclic amines) is 1.